The lowest BCUT2D eigenvalue weighted by Gasteiger charge is -2.42. The molecule has 1 N–H and O–H groups in total. The minimum atomic E-state index is -0.323. The molecule has 0 atom stereocenters. The second-order valence-corrected chi connectivity index (χ2v) is 9.24. The summed E-state index contributed by atoms with van der Waals surface area (Å²) in [6.45, 7) is 3.27. The van der Waals surface area contributed by atoms with Crippen LogP contribution < -0.4 is 5.32 Å². The number of benzene rings is 1. The van der Waals surface area contributed by atoms with E-state index in [4.69, 9.17) is 0 Å². The van der Waals surface area contributed by atoms with Crippen molar-refractivity contribution < 1.29 is 4.79 Å². The van der Waals surface area contributed by atoms with E-state index in [9.17, 15) is 4.79 Å². The summed E-state index contributed by atoms with van der Waals surface area (Å²) in [5.41, 5.74) is 3.24. The molecule has 0 bridgehead atoms. The maximum atomic E-state index is 13.1. The Hall–Kier alpha value is -2.20. The number of hydrogen-bond acceptors (Lipinski definition) is 3. The molecule has 4 rings (SSSR count). The van der Waals surface area contributed by atoms with E-state index in [1.165, 1.54) is 49.8 Å². The smallest absolute Gasteiger partial charge is 0.226 e. The number of carbonyl (C=O) groups excluding carboxylic acids is 1. The van der Waals surface area contributed by atoms with E-state index in [0.717, 1.165) is 43.8 Å². The van der Waals surface area contributed by atoms with Gasteiger partial charge in [0.05, 0.1) is 5.41 Å². The van der Waals surface area contributed by atoms with E-state index in [1.54, 1.807) is 13.2 Å². The molecule has 160 valence electrons. The summed E-state index contributed by atoms with van der Waals surface area (Å²) in [5, 5.41) is 2.98. The van der Waals surface area contributed by atoms with Crippen molar-refractivity contribution in [3.05, 3.63) is 54.4 Å². The van der Waals surface area contributed by atoms with Gasteiger partial charge in [-0.1, -0.05) is 49.6 Å². The Balaban J connectivity index is 1.50. The van der Waals surface area contributed by atoms with Gasteiger partial charge in [0, 0.05) is 31.5 Å². The van der Waals surface area contributed by atoms with Gasteiger partial charge in [0.15, 0.2) is 0 Å². The van der Waals surface area contributed by atoms with Crippen molar-refractivity contribution in [1.29, 1.82) is 0 Å². The van der Waals surface area contributed by atoms with Gasteiger partial charge < -0.3 is 10.2 Å². The number of likely N-dealkylation sites (tertiary alicyclic amines) is 1. The number of nitrogens with zero attached hydrogens (tertiary/aromatic N) is 2. The zero-order valence-corrected chi connectivity index (χ0v) is 18.3. The summed E-state index contributed by atoms with van der Waals surface area (Å²) in [6.07, 6.45) is 13.3. The Morgan fingerprint density at radius 2 is 1.87 bits per heavy atom. The molecule has 4 nitrogen and oxygen atoms in total. The van der Waals surface area contributed by atoms with Crippen LogP contribution in [-0.4, -0.2) is 42.5 Å². The van der Waals surface area contributed by atoms with E-state index in [0.29, 0.717) is 0 Å². The summed E-state index contributed by atoms with van der Waals surface area (Å²) in [7, 11) is 1.78. The third-order valence-electron chi connectivity index (χ3n) is 7.28. The van der Waals surface area contributed by atoms with Gasteiger partial charge in [-0.15, -0.1) is 0 Å². The molecule has 2 heterocycles. The summed E-state index contributed by atoms with van der Waals surface area (Å²) >= 11 is 0. The monoisotopic (exact) mass is 405 g/mol. The first-order chi connectivity index (χ1) is 14.7. The summed E-state index contributed by atoms with van der Waals surface area (Å²) in [5.74, 6) is 1.05. The quantitative estimate of drug-likeness (QED) is 0.758. The first-order valence-corrected chi connectivity index (χ1v) is 11.6. The highest BCUT2D eigenvalue weighted by molar-refractivity contribution is 5.83. The lowest BCUT2D eigenvalue weighted by molar-refractivity contribution is -0.133. The minimum absolute atomic E-state index is 0.195. The predicted molar refractivity (Wildman–Crippen MR) is 122 cm³/mol. The minimum Gasteiger partial charge on any atom is -0.359 e. The SMILES string of the molecule is CNC(=O)C1(Cc2ccccc2-c2cccnc2)CCN(CC2CCCCC2)CC1. The van der Waals surface area contributed by atoms with Crippen molar-refractivity contribution in [2.45, 2.75) is 51.4 Å². The molecule has 0 spiro atoms. The van der Waals surface area contributed by atoms with E-state index in [2.05, 4.69) is 45.5 Å². The Morgan fingerprint density at radius 1 is 1.10 bits per heavy atom. The number of nitrogens with one attached hydrogen (secondary N) is 1. The average Bonchev–Trinajstić information content (AvgIpc) is 2.81. The first kappa shape index (κ1) is 21.0. The van der Waals surface area contributed by atoms with Gasteiger partial charge in [-0.2, -0.15) is 0 Å². The fraction of sp³-hybridized carbons (Fsp3) is 0.538. The highest BCUT2D eigenvalue weighted by atomic mass is 16.2. The van der Waals surface area contributed by atoms with Crippen LogP contribution in [0.25, 0.3) is 11.1 Å². The van der Waals surface area contributed by atoms with E-state index in [-0.39, 0.29) is 11.3 Å². The van der Waals surface area contributed by atoms with Gasteiger partial charge in [-0.25, -0.2) is 0 Å². The number of aromatic nitrogens is 1. The molecule has 1 aliphatic carbocycles. The fourth-order valence-electron chi connectivity index (χ4n) is 5.49. The molecule has 1 aromatic carbocycles. The maximum absolute atomic E-state index is 13.1. The van der Waals surface area contributed by atoms with Gasteiger partial charge >= 0.3 is 0 Å². The summed E-state index contributed by atoms with van der Waals surface area (Å²) < 4.78 is 0. The molecule has 4 heteroatoms. The van der Waals surface area contributed by atoms with E-state index >= 15 is 0 Å². The van der Waals surface area contributed by atoms with Crippen LogP contribution in [0, 0.1) is 11.3 Å². The molecule has 0 radical (unpaired) electrons. The predicted octanol–water partition coefficient (Wildman–Crippen LogP) is 4.70. The number of piperidine rings is 1. The number of amides is 1. The molecule has 1 aromatic heterocycles. The Kier molecular flexibility index (Phi) is 6.83. The maximum Gasteiger partial charge on any atom is 0.226 e. The van der Waals surface area contributed by atoms with Crippen LogP contribution in [0.4, 0.5) is 0 Å². The van der Waals surface area contributed by atoms with Crippen molar-refractivity contribution in [3.63, 3.8) is 0 Å². The largest absolute Gasteiger partial charge is 0.359 e. The number of pyridine rings is 1. The molecule has 2 aliphatic rings. The normalized spacial score (nSPS) is 20.0. The molecular formula is C26H35N3O. The van der Waals surface area contributed by atoms with Crippen LogP contribution in [0.15, 0.2) is 48.8 Å². The molecule has 1 aliphatic heterocycles. The van der Waals surface area contributed by atoms with Crippen LogP contribution >= 0.6 is 0 Å². The van der Waals surface area contributed by atoms with Gasteiger partial charge in [-0.3, -0.25) is 9.78 Å². The molecule has 30 heavy (non-hydrogen) atoms. The van der Waals surface area contributed by atoms with Crippen molar-refractivity contribution in [3.8, 4) is 11.1 Å². The van der Waals surface area contributed by atoms with Crippen LogP contribution in [0.1, 0.15) is 50.5 Å². The zero-order valence-electron chi connectivity index (χ0n) is 18.3. The Bertz CT molecular complexity index is 821. The van der Waals surface area contributed by atoms with Gasteiger partial charge in [-0.05, 0) is 68.3 Å². The van der Waals surface area contributed by atoms with Crippen LogP contribution in [0.2, 0.25) is 0 Å². The molecule has 2 aromatic rings. The number of carbonyl (C=O) groups is 1. The van der Waals surface area contributed by atoms with Gasteiger partial charge in [0.2, 0.25) is 5.91 Å². The molecule has 1 amide bonds. The van der Waals surface area contributed by atoms with Crippen molar-refractivity contribution in [2.24, 2.45) is 11.3 Å². The molecule has 1 saturated heterocycles. The van der Waals surface area contributed by atoms with Crippen molar-refractivity contribution >= 4 is 5.91 Å². The lowest BCUT2D eigenvalue weighted by Crippen LogP contribution is -2.50. The molecule has 1 saturated carbocycles. The third kappa shape index (κ3) is 4.75. The summed E-state index contributed by atoms with van der Waals surface area (Å²) in [6, 6.07) is 12.6. The molecular weight excluding hydrogens is 370 g/mol. The Labute approximate surface area is 181 Å². The highest BCUT2D eigenvalue weighted by Crippen LogP contribution is 2.39. The summed E-state index contributed by atoms with van der Waals surface area (Å²) in [4.78, 5) is 20.0. The molecule has 2 fully saturated rings. The van der Waals surface area contributed by atoms with Crippen LogP contribution in [0.3, 0.4) is 0 Å². The van der Waals surface area contributed by atoms with Gasteiger partial charge in [0.1, 0.15) is 0 Å². The topological polar surface area (TPSA) is 45.2 Å². The zero-order chi connectivity index (χ0) is 20.8. The highest BCUT2D eigenvalue weighted by Gasteiger charge is 2.41. The first-order valence-electron chi connectivity index (χ1n) is 11.6. The van der Waals surface area contributed by atoms with E-state index in [1.807, 2.05) is 12.3 Å². The lowest BCUT2D eigenvalue weighted by atomic mass is 9.72. The van der Waals surface area contributed by atoms with Crippen LogP contribution in [0.5, 0.6) is 0 Å². The van der Waals surface area contributed by atoms with E-state index < -0.39 is 0 Å². The number of hydrogen-bond donors (Lipinski definition) is 1. The fourth-order valence-corrected chi connectivity index (χ4v) is 5.49. The average molecular weight is 406 g/mol. The van der Waals surface area contributed by atoms with Crippen molar-refractivity contribution in [1.82, 2.24) is 15.2 Å². The third-order valence-corrected chi connectivity index (χ3v) is 7.28. The van der Waals surface area contributed by atoms with Gasteiger partial charge in [0.25, 0.3) is 0 Å². The standard InChI is InChI=1S/C26H35N3O/c1-27-25(30)26(13-16-29(17-14-26)20-21-8-3-2-4-9-21)18-22-10-5-6-12-24(22)23-11-7-15-28-19-23/h5-7,10-12,15,19,21H,2-4,8-9,13-14,16-18,20H2,1H3,(H,27,30). The Morgan fingerprint density at radius 3 is 2.57 bits per heavy atom. The molecule has 0 unspecified atom stereocenters. The second-order valence-electron chi connectivity index (χ2n) is 9.24. The van der Waals surface area contributed by atoms with Crippen molar-refractivity contribution in [2.75, 3.05) is 26.7 Å². The number of rotatable bonds is 6. The van der Waals surface area contributed by atoms with Crippen LogP contribution in [-0.2, 0) is 11.2 Å². The second kappa shape index (κ2) is 9.74.